The first-order chi connectivity index (χ1) is 15.0. The molecule has 1 saturated heterocycles. The molecule has 180 valence electrons. The Balaban J connectivity index is 1.81. The molecule has 1 aliphatic heterocycles. The van der Waals surface area contributed by atoms with Crippen LogP contribution < -0.4 is 15.4 Å². The van der Waals surface area contributed by atoms with Crippen LogP contribution in [0.5, 0.6) is 5.75 Å². The van der Waals surface area contributed by atoms with Crippen LogP contribution in [0, 0.1) is 0 Å². The molecule has 1 heterocycles. The summed E-state index contributed by atoms with van der Waals surface area (Å²) in [6.45, 7) is 1.18. The molecule has 1 fully saturated rings. The van der Waals surface area contributed by atoms with Gasteiger partial charge in [-0.05, 0) is 24.3 Å². The van der Waals surface area contributed by atoms with Crippen LogP contribution in [-0.4, -0.2) is 88.9 Å². The van der Waals surface area contributed by atoms with Gasteiger partial charge in [0.05, 0.1) is 11.5 Å². The molecule has 0 aliphatic carbocycles. The van der Waals surface area contributed by atoms with Crippen molar-refractivity contribution in [1.29, 1.82) is 0 Å². The van der Waals surface area contributed by atoms with Crippen molar-refractivity contribution in [3.63, 3.8) is 0 Å². The lowest BCUT2D eigenvalue weighted by Gasteiger charge is -2.34. The number of nitrogens with zero attached hydrogens (tertiary/aromatic N) is 2. The molecule has 2 rings (SSSR count). The van der Waals surface area contributed by atoms with Crippen molar-refractivity contribution >= 4 is 22.0 Å². The summed E-state index contributed by atoms with van der Waals surface area (Å²) >= 11 is 0. The van der Waals surface area contributed by atoms with E-state index in [1.165, 1.54) is 12.0 Å². The fourth-order valence-electron chi connectivity index (χ4n) is 2.87. The number of amides is 3. The average molecular weight is 482 g/mol. The Morgan fingerprint density at radius 3 is 2.22 bits per heavy atom. The highest BCUT2D eigenvalue weighted by atomic mass is 32.2. The molecule has 1 aromatic rings. The van der Waals surface area contributed by atoms with Gasteiger partial charge in [0.2, 0.25) is 15.9 Å². The summed E-state index contributed by atoms with van der Waals surface area (Å²) in [5, 5.41) is 5.23. The van der Waals surface area contributed by atoms with Crippen LogP contribution >= 0.6 is 0 Å². The van der Waals surface area contributed by atoms with Gasteiger partial charge in [0.1, 0.15) is 5.75 Å². The molecule has 0 atom stereocenters. The van der Waals surface area contributed by atoms with Crippen molar-refractivity contribution in [2.75, 3.05) is 53.0 Å². The number of piperazine rings is 1. The van der Waals surface area contributed by atoms with E-state index in [0.717, 1.165) is 28.6 Å². The maximum absolute atomic E-state index is 12.7. The first-order valence-electron chi connectivity index (χ1n) is 9.67. The maximum atomic E-state index is 12.7. The zero-order valence-corrected chi connectivity index (χ0v) is 18.2. The number of sulfonamides is 1. The van der Waals surface area contributed by atoms with Gasteiger partial charge < -0.3 is 25.0 Å². The topological polar surface area (TPSA) is 117 Å². The highest BCUT2D eigenvalue weighted by Crippen LogP contribution is 2.25. The van der Waals surface area contributed by atoms with Crippen LogP contribution in [0.3, 0.4) is 0 Å². The van der Waals surface area contributed by atoms with Gasteiger partial charge in [-0.1, -0.05) is 0 Å². The number of rotatable bonds is 9. The number of halogens is 3. The fourth-order valence-corrected chi connectivity index (χ4v) is 4.29. The van der Waals surface area contributed by atoms with E-state index in [2.05, 4.69) is 15.4 Å². The molecule has 1 aliphatic rings. The van der Waals surface area contributed by atoms with Crippen molar-refractivity contribution in [1.82, 2.24) is 19.8 Å². The van der Waals surface area contributed by atoms with Crippen LogP contribution in [0.25, 0.3) is 0 Å². The van der Waals surface area contributed by atoms with Gasteiger partial charge in [-0.15, -0.1) is 13.2 Å². The lowest BCUT2D eigenvalue weighted by atomic mass is 10.3. The Kier molecular flexibility index (Phi) is 9.09. The molecule has 3 amide bonds. The number of hydrogen-bond acceptors (Lipinski definition) is 6. The number of methoxy groups -OCH3 is 1. The first kappa shape index (κ1) is 25.7. The highest BCUT2D eigenvalue weighted by Gasteiger charge is 2.32. The van der Waals surface area contributed by atoms with Crippen molar-refractivity contribution in [3.05, 3.63) is 24.3 Å². The van der Waals surface area contributed by atoms with Crippen LogP contribution in [0.2, 0.25) is 0 Å². The van der Waals surface area contributed by atoms with Gasteiger partial charge >= 0.3 is 12.4 Å². The number of urea groups is 1. The fraction of sp³-hybridized carbons (Fsp3) is 0.556. The van der Waals surface area contributed by atoms with Gasteiger partial charge in [-0.25, -0.2) is 13.2 Å². The molecule has 0 saturated carbocycles. The summed E-state index contributed by atoms with van der Waals surface area (Å²) in [5.41, 5.74) is 0. The summed E-state index contributed by atoms with van der Waals surface area (Å²) < 4.78 is 71.8. The number of nitrogens with one attached hydrogen (secondary N) is 2. The van der Waals surface area contributed by atoms with E-state index in [9.17, 15) is 31.2 Å². The SMILES string of the molecule is COCCNC(=O)CCNC(=O)N1CCN(S(=O)(=O)c2ccc(OC(F)(F)F)cc2)CC1. The van der Waals surface area contributed by atoms with Crippen molar-refractivity contribution in [2.45, 2.75) is 17.7 Å². The minimum Gasteiger partial charge on any atom is -0.406 e. The van der Waals surface area contributed by atoms with Crippen LogP contribution in [0.15, 0.2) is 29.2 Å². The minimum atomic E-state index is -4.87. The normalized spacial score (nSPS) is 15.3. The molecule has 0 aromatic heterocycles. The van der Waals surface area contributed by atoms with Gasteiger partial charge in [0.15, 0.2) is 0 Å². The highest BCUT2D eigenvalue weighted by molar-refractivity contribution is 7.89. The van der Waals surface area contributed by atoms with E-state index in [0.29, 0.717) is 13.2 Å². The lowest BCUT2D eigenvalue weighted by Crippen LogP contribution is -2.53. The summed E-state index contributed by atoms with van der Waals surface area (Å²) in [5.74, 6) is -0.754. The Bertz CT molecular complexity index is 872. The molecule has 32 heavy (non-hydrogen) atoms. The third-order valence-corrected chi connectivity index (χ3v) is 6.39. The monoisotopic (exact) mass is 482 g/mol. The number of hydrogen-bond donors (Lipinski definition) is 2. The molecular weight excluding hydrogens is 457 g/mol. The molecule has 2 N–H and O–H groups in total. The second kappa shape index (κ2) is 11.3. The number of ether oxygens (including phenoxy) is 2. The molecule has 0 spiro atoms. The van der Waals surface area contributed by atoms with Gasteiger partial charge in [-0.2, -0.15) is 4.31 Å². The molecule has 0 radical (unpaired) electrons. The molecule has 1 aromatic carbocycles. The standard InChI is InChI=1S/C18H25F3N4O6S/c1-30-13-8-22-16(26)6-7-23-17(27)24-9-11-25(12-10-24)32(28,29)15-4-2-14(3-5-15)31-18(19,20)21/h2-5H,6-13H2,1H3,(H,22,26)(H,23,27). The Morgan fingerprint density at radius 2 is 1.66 bits per heavy atom. The smallest absolute Gasteiger partial charge is 0.406 e. The average Bonchev–Trinajstić information content (AvgIpc) is 2.73. The predicted octanol–water partition coefficient (Wildman–Crippen LogP) is 0.754. The van der Waals surface area contributed by atoms with Crippen molar-refractivity contribution in [3.8, 4) is 5.75 Å². The molecule has 10 nitrogen and oxygen atoms in total. The zero-order chi connectivity index (χ0) is 23.8. The second-order valence-electron chi connectivity index (χ2n) is 6.74. The number of carbonyl (C=O) groups is 2. The van der Waals surface area contributed by atoms with E-state index in [-0.39, 0.29) is 49.9 Å². The van der Waals surface area contributed by atoms with Crippen molar-refractivity contribution < 1.29 is 40.7 Å². The van der Waals surface area contributed by atoms with Crippen LogP contribution in [-0.2, 0) is 19.6 Å². The van der Waals surface area contributed by atoms with Crippen LogP contribution in [0.1, 0.15) is 6.42 Å². The van der Waals surface area contributed by atoms with Crippen LogP contribution in [0.4, 0.5) is 18.0 Å². The predicted molar refractivity (Wildman–Crippen MR) is 106 cm³/mol. The Morgan fingerprint density at radius 1 is 1.03 bits per heavy atom. The molecular formula is C18H25F3N4O6S. The Hall–Kier alpha value is -2.58. The van der Waals surface area contributed by atoms with Gasteiger partial charge in [-0.3, -0.25) is 4.79 Å². The quantitative estimate of drug-likeness (QED) is 0.502. The molecule has 0 unspecified atom stereocenters. The summed E-state index contributed by atoms with van der Waals surface area (Å²) in [7, 11) is -2.42. The van der Waals surface area contributed by atoms with E-state index < -0.39 is 28.2 Å². The van der Waals surface area contributed by atoms with E-state index in [1.807, 2.05) is 0 Å². The number of alkyl halides is 3. The van der Waals surface area contributed by atoms with E-state index in [4.69, 9.17) is 4.74 Å². The summed E-state index contributed by atoms with van der Waals surface area (Å²) in [6.07, 6.45) is -4.77. The molecule has 14 heteroatoms. The largest absolute Gasteiger partial charge is 0.573 e. The Labute approximate surface area is 183 Å². The first-order valence-corrected chi connectivity index (χ1v) is 11.1. The van der Waals surface area contributed by atoms with E-state index >= 15 is 0 Å². The lowest BCUT2D eigenvalue weighted by molar-refractivity contribution is -0.274. The molecule has 0 bridgehead atoms. The second-order valence-corrected chi connectivity index (χ2v) is 8.67. The maximum Gasteiger partial charge on any atom is 0.573 e. The zero-order valence-electron chi connectivity index (χ0n) is 17.4. The third kappa shape index (κ3) is 7.84. The third-order valence-electron chi connectivity index (χ3n) is 4.48. The summed E-state index contributed by atoms with van der Waals surface area (Å²) in [4.78, 5) is 25.0. The van der Waals surface area contributed by atoms with Gasteiger partial charge in [0.25, 0.3) is 0 Å². The van der Waals surface area contributed by atoms with Crippen molar-refractivity contribution in [2.24, 2.45) is 0 Å². The number of carbonyl (C=O) groups excluding carboxylic acids is 2. The van der Waals surface area contributed by atoms with Gasteiger partial charge in [0, 0.05) is 52.8 Å². The van der Waals surface area contributed by atoms with E-state index in [1.54, 1.807) is 0 Å². The minimum absolute atomic E-state index is 0.0219. The summed E-state index contributed by atoms with van der Waals surface area (Å²) in [6, 6.07) is 3.51. The number of benzene rings is 1.